The summed E-state index contributed by atoms with van der Waals surface area (Å²) < 4.78 is 43.7. The quantitative estimate of drug-likeness (QED) is 0.402. The second kappa shape index (κ2) is 10.9. The van der Waals surface area contributed by atoms with Crippen molar-refractivity contribution in [2.24, 2.45) is 4.99 Å². The molecule has 162 valence electrons. The molecule has 0 bridgehead atoms. The van der Waals surface area contributed by atoms with E-state index in [1.807, 2.05) is 16.7 Å². The number of ether oxygens (including phenoxy) is 1. The Morgan fingerprint density at radius 2 is 1.93 bits per heavy atom. The standard InChI is InChI=1S/C19H28F3N5O2/c1-3-23-18(25-14-17(28)24-7-12-29-2)27-10-8-26(9-11-27)16-6-4-5-15(13-16)19(20,21)22/h4-6,13H,3,7-12,14H2,1-2H3,(H,23,25)(H,24,28). The van der Waals surface area contributed by atoms with Crippen LogP contribution in [-0.2, 0) is 15.7 Å². The molecule has 0 atom stereocenters. The van der Waals surface area contributed by atoms with E-state index in [1.54, 1.807) is 13.2 Å². The summed E-state index contributed by atoms with van der Waals surface area (Å²) in [5.41, 5.74) is -0.0919. The Labute approximate surface area is 168 Å². The van der Waals surface area contributed by atoms with Crippen molar-refractivity contribution in [2.75, 3.05) is 64.4 Å². The molecule has 7 nitrogen and oxygen atoms in total. The van der Waals surface area contributed by atoms with Gasteiger partial charge in [-0.15, -0.1) is 0 Å². The van der Waals surface area contributed by atoms with Gasteiger partial charge in [0.2, 0.25) is 5.91 Å². The molecule has 0 spiro atoms. The number of hydrogen-bond donors (Lipinski definition) is 2. The van der Waals surface area contributed by atoms with E-state index in [0.717, 1.165) is 6.07 Å². The predicted octanol–water partition coefficient (Wildman–Crippen LogP) is 1.56. The molecule has 0 aliphatic carbocycles. The number of nitrogens with zero attached hydrogens (tertiary/aromatic N) is 3. The smallest absolute Gasteiger partial charge is 0.383 e. The molecule has 1 saturated heterocycles. The minimum atomic E-state index is -4.35. The fourth-order valence-electron chi connectivity index (χ4n) is 2.98. The van der Waals surface area contributed by atoms with E-state index < -0.39 is 11.7 Å². The second-order valence-electron chi connectivity index (χ2n) is 6.54. The Balaban J connectivity index is 1.94. The van der Waals surface area contributed by atoms with E-state index in [2.05, 4.69) is 15.6 Å². The second-order valence-corrected chi connectivity index (χ2v) is 6.54. The molecular weight excluding hydrogens is 387 g/mol. The highest BCUT2D eigenvalue weighted by Crippen LogP contribution is 2.31. The third kappa shape index (κ3) is 7.12. The molecule has 0 aromatic heterocycles. The number of aliphatic imine (C=N–C) groups is 1. The third-order valence-electron chi connectivity index (χ3n) is 4.45. The first-order chi connectivity index (χ1) is 13.8. The van der Waals surface area contributed by atoms with E-state index in [4.69, 9.17) is 4.74 Å². The number of carbonyl (C=O) groups excluding carboxylic acids is 1. The Hall–Kier alpha value is -2.49. The SMILES string of the molecule is CCNC(=NCC(=O)NCCOC)N1CCN(c2cccc(C(F)(F)F)c2)CC1. The maximum atomic E-state index is 12.9. The third-order valence-corrected chi connectivity index (χ3v) is 4.45. The fourth-order valence-corrected chi connectivity index (χ4v) is 2.98. The predicted molar refractivity (Wildman–Crippen MR) is 106 cm³/mol. The van der Waals surface area contributed by atoms with Gasteiger partial charge >= 0.3 is 6.18 Å². The molecule has 1 aromatic carbocycles. The maximum Gasteiger partial charge on any atom is 0.416 e. The fraction of sp³-hybridized carbons (Fsp3) is 0.579. The first-order valence-corrected chi connectivity index (χ1v) is 9.56. The molecule has 2 N–H and O–H groups in total. The van der Waals surface area contributed by atoms with E-state index >= 15 is 0 Å². The van der Waals surface area contributed by atoms with Crippen LogP contribution in [0.4, 0.5) is 18.9 Å². The first-order valence-electron chi connectivity index (χ1n) is 9.56. The van der Waals surface area contributed by atoms with Gasteiger partial charge in [0.1, 0.15) is 6.54 Å². The number of rotatable bonds is 7. The van der Waals surface area contributed by atoms with Gasteiger partial charge in [0, 0.05) is 52.1 Å². The molecular formula is C19H28F3N5O2. The number of alkyl halides is 3. The van der Waals surface area contributed by atoms with Crippen molar-refractivity contribution in [3.8, 4) is 0 Å². The monoisotopic (exact) mass is 415 g/mol. The van der Waals surface area contributed by atoms with Crippen LogP contribution < -0.4 is 15.5 Å². The summed E-state index contributed by atoms with van der Waals surface area (Å²) in [6.45, 7) is 5.76. The van der Waals surface area contributed by atoms with Gasteiger partial charge in [0.15, 0.2) is 5.96 Å². The number of nitrogens with one attached hydrogen (secondary N) is 2. The van der Waals surface area contributed by atoms with Gasteiger partial charge < -0.3 is 25.2 Å². The van der Waals surface area contributed by atoms with Gasteiger partial charge in [0.25, 0.3) is 0 Å². The van der Waals surface area contributed by atoms with E-state index in [1.165, 1.54) is 12.1 Å². The zero-order valence-electron chi connectivity index (χ0n) is 16.8. The van der Waals surface area contributed by atoms with Crippen molar-refractivity contribution in [3.05, 3.63) is 29.8 Å². The molecule has 1 aromatic rings. The highest BCUT2D eigenvalue weighted by atomic mass is 19.4. The Kier molecular flexibility index (Phi) is 8.56. The number of halogens is 3. The Morgan fingerprint density at radius 1 is 1.21 bits per heavy atom. The number of piperazine rings is 1. The molecule has 1 aliphatic heterocycles. The van der Waals surface area contributed by atoms with Gasteiger partial charge in [-0.05, 0) is 25.1 Å². The molecule has 0 radical (unpaired) electrons. The largest absolute Gasteiger partial charge is 0.416 e. The van der Waals surface area contributed by atoms with Crippen molar-refractivity contribution in [1.29, 1.82) is 0 Å². The highest BCUT2D eigenvalue weighted by Gasteiger charge is 2.31. The average Bonchev–Trinajstić information content (AvgIpc) is 2.71. The van der Waals surface area contributed by atoms with Gasteiger partial charge in [-0.25, -0.2) is 4.99 Å². The number of carbonyl (C=O) groups is 1. The average molecular weight is 415 g/mol. The summed E-state index contributed by atoms with van der Waals surface area (Å²) in [4.78, 5) is 20.1. The summed E-state index contributed by atoms with van der Waals surface area (Å²) in [5, 5.41) is 5.88. The molecule has 1 fully saturated rings. The topological polar surface area (TPSA) is 69.2 Å². The van der Waals surface area contributed by atoms with Crippen LogP contribution in [0.15, 0.2) is 29.3 Å². The summed E-state index contributed by atoms with van der Waals surface area (Å²) >= 11 is 0. The first kappa shape index (κ1) is 22.8. The Morgan fingerprint density at radius 3 is 2.55 bits per heavy atom. The lowest BCUT2D eigenvalue weighted by atomic mass is 10.1. The maximum absolute atomic E-state index is 12.9. The molecule has 1 amide bonds. The van der Waals surface area contributed by atoms with Gasteiger partial charge in [-0.1, -0.05) is 6.07 Å². The lowest BCUT2D eigenvalue weighted by molar-refractivity contribution is -0.137. The summed E-state index contributed by atoms with van der Waals surface area (Å²) in [6.07, 6.45) is -4.35. The lowest BCUT2D eigenvalue weighted by Crippen LogP contribution is -2.52. The minimum absolute atomic E-state index is 0.000109. The van der Waals surface area contributed by atoms with E-state index in [0.29, 0.717) is 57.5 Å². The summed E-state index contributed by atoms with van der Waals surface area (Å²) in [7, 11) is 1.56. The normalized spacial score (nSPS) is 15.4. The van der Waals surface area contributed by atoms with Crippen molar-refractivity contribution < 1.29 is 22.7 Å². The van der Waals surface area contributed by atoms with Crippen LogP contribution in [0.2, 0.25) is 0 Å². The summed E-state index contributed by atoms with van der Waals surface area (Å²) in [6, 6.07) is 5.37. The zero-order chi connectivity index (χ0) is 21.3. The van der Waals surface area contributed by atoms with Crippen LogP contribution in [-0.4, -0.2) is 76.3 Å². The number of amides is 1. The van der Waals surface area contributed by atoms with Crippen LogP contribution in [0.1, 0.15) is 12.5 Å². The van der Waals surface area contributed by atoms with Gasteiger partial charge in [0.05, 0.1) is 12.2 Å². The van der Waals surface area contributed by atoms with Crippen molar-refractivity contribution in [3.63, 3.8) is 0 Å². The molecule has 0 saturated carbocycles. The minimum Gasteiger partial charge on any atom is -0.383 e. The van der Waals surface area contributed by atoms with Crippen molar-refractivity contribution in [1.82, 2.24) is 15.5 Å². The lowest BCUT2D eigenvalue weighted by Gasteiger charge is -2.37. The molecule has 10 heteroatoms. The zero-order valence-corrected chi connectivity index (χ0v) is 16.8. The molecule has 29 heavy (non-hydrogen) atoms. The van der Waals surface area contributed by atoms with Crippen molar-refractivity contribution >= 4 is 17.6 Å². The number of hydrogen-bond acceptors (Lipinski definition) is 4. The highest BCUT2D eigenvalue weighted by molar-refractivity contribution is 5.85. The summed E-state index contributed by atoms with van der Waals surface area (Å²) in [5.74, 6) is 0.429. The Bertz CT molecular complexity index is 689. The van der Waals surface area contributed by atoms with Crippen LogP contribution >= 0.6 is 0 Å². The van der Waals surface area contributed by atoms with Crippen LogP contribution in [0.3, 0.4) is 0 Å². The number of anilines is 1. The molecule has 0 unspecified atom stereocenters. The van der Waals surface area contributed by atoms with E-state index in [9.17, 15) is 18.0 Å². The van der Waals surface area contributed by atoms with Crippen LogP contribution in [0.25, 0.3) is 0 Å². The van der Waals surface area contributed by atoms with Gasteiger partial charge in [-0.2, -0.15) is 13.2 Å². The molecule has 2 rings (SSSR count). The van der Waals surface area contributed by atoms with Gasteiger partial charge in [-0.3, -0.25) is 4.79 Å². The number of benzene rings is 1. The van der Waals surface area contributed by atoms with E-state index in [-0.39, 0.29) is 12.5 Å². The van der Waals surface area contributed by atoms with Crippen LogP contribution in [0.5, 0.6) is 0 Å². The number of guanidine groups is 1. The van der Waals surface area contributed by atoms with Crippen molar-refractivity contribution in [2.45, 2.75) is 13.1 Å². The number of methoxy groups -OCH3 is 1. The van der Waals surface area contributed by atoms with Crippen LogP contribution in [0, 0.1) is 0 Å². The molecule has 1 aliphatic rings. The molecule has 1 heterocycles.